The number of nitrogens with one attached hydrogen (secondary N) is 1. The maximum Gasteiger partial charge on any atom is 0.261 e. The molecule has 0 aliphatic rings. The van der Waals surface area contributed by atoms with Gasteiger partial charge in [0.1, 0.15) is 5.75 Å². The predicted molar refractivity (Wildman–Crippen MR) is 81.9 cm³/mol. The van der Waals surface area contributed by atoms with Crippen LogP contribution >= 0.6 is 23.2 Å². The Labute approximate surface area is 132 Å². The quantitative estimate of drug-likeness (QED) is 0.829. The molecule has 0 saturated carbocycles. The van der Waals surface area contributed by atoms with Gasteiger partial charge in [-0.25, -0.2) is 8.42 Å². The fourth-order valence-corrected chi connectivity index (χ4v) is 3.12. The standard InChI is InChI=1S/C13H11Cl2NO4S/c1-20-9-2-4-10(5-3-9)21(18,19)16-8-6-11(14)13(17)12(15)7-8/h2-7,16-17H,1H3. The van der Waals surface area contributed by atoms with Gasteiger partial charge in [-0.05, 0) is 36.4 Å². The molecule has 0 bridgehead atoms. The van der Waals surface area contributed by atoms with E-state index < -0.39 is 10.0 Å². The zero-order chi connectivity index (χ0) is 15.6. The molecule has 21 heavy (non-hydrogen) atoms. The number of methoxy groups -OCH3 is 1. The monoisotopic (exact) mass is 347 g/mol. The van der Waals surface area contributed by atoms with Gasteiger partial charge in [-0.3, -0.25) is 4.72 Å². The van der Waals surface area contributed by atoms with E-state index in [-0.39, 0.29) is 26.4 Å². The fourth-order valence-electron chi connectivity index (χ4n) is 1.59. The van der Waals surface area contributed by atoms with E-state index in [9.17, 15) is 13.5 Å². The molecule has 5 nitrogen and oxygen atoms in total. The van der Waals surface area contributed by atoms with Crippen molar-refractivity contribution < 1.29 is 18.3 Å². The largest absolute Gasteiger partial charge is 0.505 e. The second-order valence-corrected chi connectivity index (χ2v) is 6.57. The SMILES string of the molecule is COc1ccc(S(=O)(=O)Nc2cc(Cl)c(O)c(Cl)c2)cc1. The zero-order valence-corrected chi connectivity index (χ0v) is 13.1. The second kappa shape index (κ2) is 6.01. The van der Waals surface area contributed by atoms with Crippen molar-refractivity contribution in [1.82, 2.24) is 0 Å². The van der Waals surface area contributed by atoms with Crippen LogP contribution in [0.2, 0.25) is 10.0 Å². The van der Waals surface area contributed by atoms with E-state index in [1.165, 1.54) is 43.5 Å². The average molecular weight is 348 g/mol. The van der Waals surface area contributed by atoms with E-state index in [0.29, 0.717) is 5.75 Å². The minimum atomic E-state index is -3.79. The molecule has 0 amide bonds. The summed E-state index contributed by atoms with van der Waals surface area (Å²) in [6.07, 6.45) is 0. The van der Waals surface area contributed by atoms with Crippen LogP contribution in [-0.4, -0.2) is 20.6 Å². The molecule has 2 aromatic carbocycles. The maximum atomic E-state index is 12.2. The molecule has 2 N–H and O–H groups in total. The van der Waals surface area contributed by atoms with Crippen LogP contribution in [0.1, 0.15) is 0 Å². The third-order valence-electron chi connectivity index (χ3n) is 2.64. The molecule has 8 heteroatoms. The van der Waals surface area contributed by atoms with Crippen LogP contribution in [0.3, 0.4) is 0 Å². The lowest BCUT2D eigenvalue weighted by molar-refractivity contribution is 0.414. The molecule has 0 atom stereocenters. The fraction of sp³-hybridized carbons (Fsp3) is 0.0769. The van der Waals surface area contributed by atoms with Crippen molar-refractivity contribution >= 4 is 38.9 Å². The number of ether oxygens (including phenoxy) is 1. The number of hydrogen-bond acceptors (Lipinski definition) is 4. The Morgan fingerprint density at radius 3 is 2.10 bits per heavy atom. The van der Waals surface area contributed by atoms with Gasteiger partial charge in [-0.1, -0.05) is 23.2 Å². The highest BCUT2D eigenvalue weighted by atomic mass is 35.5. The average Bonchev–Trinajstić information content (AvgIpc) is 2.44. The van der Waals surface area contributed by atoms with E-state index in [4.69, 9.17) is 27.9 Å². The van der Waals surface area contributed by atoms with Crippen molar-refractivity contribution in [2.24, 2.45) is 0 Å². The van der Waals surface area contributed by atoms with Crippen molar-refractivity contribution in [2.45, 2.75) is 4.90 Å². The van der Waals surface area contributed by atoms with Gasteiger partial charge in [-0.15, -0.1) is 0 Å². The van der Waals surface area contributed by atoms with Gasteiger partial charge in [0.2, 0.25) is 0 Å². The van der Waals surface area contributed by atoms with Crippen molar-refractivity contribution in [1.29, 1.82) is 0 Å². The first-order chi connectivity index (χ1) is 9.83. The first-order valence-corrected chi connectivity index (χ1v) is 7.92. The number of sulfonamides is 1. The van der Waals surface area contributed by atoms with Gasteiger partial charge >= 0.3 is 0 Å². The number of phenolic OH excluding ortho intramolecular Hbond substituents is 1. The number of aromatic hydroxyl groups is 1. The Bertz CT molecular complexity index is 737. The van der Waals surface area contributed by atoms with Gasteiger partial charge in [0, 0.05) is 0 Å². The molecule has 2 rings (SSSR count). The molecule has 0 heterocycles. The molecule has 2 aromatic rings. The van der Waals surface area contributed by atoms with E-state index in [1.54, 1.807) is 0 Å². The zero-order valence-electron chi connectivity index (χ0n) is 10.8. The van der Waals surface area contributed by atoms with Crippen LogP contribution in [0, 0.1) is 0 Å². The molecule has 112 valence electrons. The topological polar surface area (TPSA) is 75.6 Å². The Hall–Kier alpha value is -1.63. The summed E-state index contributed by atoms with van der Waals surface area (Å²) >= 11 is 11.5. The van der Waals surface area contributed by atoms with Crippen LogP contribution in [0.25, 0.3) is 0 Å². The first kappa shape index (κ1) is 15.8. The number of anilines is 1. The number of phenols is 1. The Morgan fingerprint density at radius 2 is 1.62 bits per heavy atom. The summed E-state index contributed by atoms with van der Waals surface area (Å²) in [5, 5.41) is 9.36. The molecule has 0 aliphatic heterocycles. The number of rotatable bonds is 4. The molecular formula is C13H11Cl2NO4S. The van der Waals surface area contributed by atoms with Crippen LogP contribution in [0.5, 0.6) is 11.5 Å². The number of benzene rings is 2. The van der Waals surface area contributed by atoms with Gasteiger partial charge in [0.05, 0.1) is 27.7 Å². The van der Waals surface area contributed by atoms with Crippen LogP contribution in [-0.2, 0) is 10.0 Å². The number of halogens is 2. The first-order valence-electron chi connectivity index (χ1n) is 5.68. The van der Waals surface area contributed by atoms with E-state index in [2.05, 4.69) is 4.72 Å². The third kappa shape index (κ3) is 3.53. The summed E-state index contributed by atoms with van der Waals surface area (Å²) in [6.45, 7) is 0. The summed E-state index contributed by atoms with van der Waals surface area (Å²) in [4.78, 5) is 0.0589. The summed E-state index contributed by atoms with van der Waals surface area (Å²) in [6, 6.07) is 8.42. The third-order valence-corrected chi connectivity index (χ3v) is 4.61. The predicted octanol–water partition coefficient (Wildman–Crippen LogP) is 3.51. The highest BCUT2D eigenvalue weighted by Crippen LogP contribution is 2.35. The molecule has 0 unspecified atom stereocenters. The summed E-state index contributed by atoms with van der Waals surface area (Å²) in [5.41, 5.74) is 0.151. The summed E-state index contributed by atoms with van der Waals surface area (Å²) in [5.74, 6) is 0.246. The van der Waals surface area contributed by atoms with Crippen LogP contribution in [0.4, 0.5) is 5.69 Å². The number of hydrogen-bond donors (Lipinski definition) is 2. The van der Waals surface area contributed by atoms with E-state index in [1.807, 2.05) is 0 Å². The Balaban J connectivity index is 2.32. The van der Waals surface area contributed by atoms with E-state index >= 15 is 0 Å². The molecule has 0 radical (unpaired) electrons. The lowest BCUT2D eigenvalue weighted by atomic mass is 10.3. The van der Waals surface area contributed by atoms with Gasteiger partial charge in [-0.2, -0.15) is 0 Å². The molecular weight excluding hydrogens is 337 g/mol. The summed E-state index contributed by atoms with van der Waals surface area (Å²) < 4.78 is 31.7. The second-order valence-electron chi connectivity index (χ2n) is 4.07. The summed E-state index contributed by atoms with van der Waals surface area (Å²) in [7, 11) is -2.30. The lowest BCUT2D eigenvalue weighted by Crippen LogP contribution is -2.12. The lowest BCUT2D eigenvalue weighted by Gasteiger charge is -2.10. The Kier molecular flexibility index (Phi) is 4.51. The van der Waals surface area contributed by atoms with Gasteiger partial charge in [0.15, 0.2) is 5.75 Å². The minimum Gasteiger partial charge on any atom is -0.505 e. The molecule has 0 aromatic heterocycles. The highest BCUT2D eigenvalue weighted by molar-refractivity contribution is 7.92. The van der Waals surface area contributed by atoms with Gasteiger partial charge in [0.25, 0.3) is 10.0 Å². The normalized spacial score (nSPS) is 11.2. The molecule has 0 fully saturated rings. The smallest absolute Gasteiger partial charge is 0.261 e. The Morgan fingerprint density at radius 1 is 1.10 bits per heavy atom. The highest BCUT2D eigenvalue weighted by Gasteiger charge is 2.16. The molecule has 0 spiro atoms. The minimum absolute atomic E-state index is 0.0464. The van der Waals surface area contributed by atoms with E-state index in [0.717, 1.165) is 0 Å². The van der Waals surface area contributed by atoms with Crippen molar-refractivity contribution in [3.63, 3.8) is 0 Å². The molecule has 0 aliphatic carbocycles. The van der Waals surface area contributed by atoms with Crippen molar-refractivity contribution in [2.75, 3.05) is 11.8 Å². The van der Waals surface area contributed by atoms with Gasteiger partial charge < -0.3 is 9.84 Å². The van der Waals surface area contributed by atoms with Crippen LogP contribution in [0.15, 0.2) is 41.3 Å². The van der Waals surface area contributed by atoms with Crippen molar-refractivity contribution in [3.8, 4) is 11.5 Å². The molecule has 0 saturated heterocycles. The van der Waals surface area contributed by atoms with Crippen molar-refractivity contribution in [3.05, 3.63) is 46.4 Å². The maximum absolute atomic E-state index is 12.2. The van der Waals surface area contributed by atoms with Crippen LogP contribution < -0.4 is 9.46 Å².